The Morgan fingerprint density at radius 1 is 1.30 bits per heavy atom. The summed E-state index contributed by atoms with van der Waals surface area (Å²) in [5.74, 6) is 0.476. The molecule has 3 nitrogen and oxygen atoms in total. The molecular formula is C16H25ClN2O. The molecule has 0 fully saturated rings. The molecule has 0 saturated carbocycles. The Balaban J connectivity index is 3.04. The van der Waals surface area contributed by atoms with E-state index in [1.807, 2.05) is 24.8 Å². The lowest BCUT2D eigenvalue weighted by Crippen LogP contribution is -2.39. The molecule has 0 saturated heterocycles. The van der Waals surface area contributed by atoms with Crippen LogP contribution in [0.2, 0.25) is 5.15 Å². The number of carbonyl (C=O) groups excluding carboxylic acids is 1. The van der Waals surface area contributed by atoms with E-state index in [1.54, 1.807) is 6.07 Å². The zero-order valence-electron chi connectivity index (χ0n) is 13.1. The summed E-state index contributed by atoms with van der Waals surface area (Å²) in [5, 5.41) is 0.396. The normalized spacial score (nSPS) is 11.2. The summed E-state index contributed by atoms with van der Waals surface area (Å²) in [6.45, 7) is 11.1. The van der Waals surface area contributed by atoms with Crippen LogP contribution in [0, 0.1) is 5.92 Å². The fourth-order valence-corrected chi connectivity index (χ4v) is 2.37. The van der Waals surface area contributed by atoms with Gasteiger partial charge >= 0.3 is 0 Å². The topological polar surface area (TPSA) is 33.2 Å². The third-order valence-electron chi connectivity index (χ3n) is 3.05. The standard InChI is InChI=1S/C16H25ClN2O/c1-6-7-14-8-13(9-15(17)18-14)16(20)19(12(4)5)10-11(2)3/h8-9,11-12H,6-7,10H2,1-5H3. The van der Waals surface area contributed by atoms with Crippen molar-refractivity contribution in [2.45, 2.75) is 53.5 Å². The molecule has 1 amide bonds. The first kappa shape index (κ1) is 17.0. The van der Waals surface area contributed by atoms with Gasteiger partial charge in [-0.15, -0.1) is 0 Å². The zero-order valence-corrected chi connectivity index (χ0v) is 13.9. The van der Waals surface area contributed by atoms with E-state index in [9.17, 15) is 4.79 Å². The molecule has 1 rings (SSSR count). The lowest BCUT2D eigenvalue weighted by Gasteiger charge is -2.28. The number of rotatable bonds is 6. The molecule has 1 aromatic rings. The molecule has 0 N–H and O–H groups in total. The van der Waals surface area contributed by atoms with E-state index in [0.717, 1.165) is 25.1 Å². The second-order valence-electron chi connectivity index (χ2n) is 5.86. The van der Waals surface area contributed by atoms with Crippen LogP contribution in [0.25, 0.3) is 0 Å². The summed E-state index contributed by atoms with van der Waals surface area (Å²) in [6, 6.07) is 3.71. The highest BCUT2D eigenvalue weighted by molar-refractivity contribution is 6.29. The van der Waals surface area contributed by atoms with Crippen LogP contribution in [0.1, 0.15) is 57.1 Å². The molecule has 0 bridgehead atoms. The first-order valence-corrected chi connectivity index (χ1v) is 7.70. The summed E-state index contributed by atoms with van der Waals surface area (Å²) in [4.78, 5) is 18.8. The average molecular weight is 297 g/mol. The lowest BCUT2D eigenvalue weighted by molar-refractivity contribution is 0.0681. The number of carbonyl (C=O) groups is 1. The van der Waals surface area contributed by atoms with E-state index in [4.69, 9.17) is 11.6 Å². The van der Waals surface area contributed by atoms with Crippen LogP contribution in [0.3, 0.4) is 0 Å². The summed E-state index contributed by atoms with van der Waals surface area (Å²) < 4.78 is 0. The Bertz CT molecular complexity index is 458. The van der Waals surface area contributed by atoms with E-state index in [1.165, 1.54) is 0 Å². The van der Waals surface area contributed by atoms with Gasteiger partial charge in [-0.25, -0.2) is 4.98 Å². The predicted molar refractivity (Wildman–Crippen MR) is 84.3 cm³/mol. The molecule has 20 heavy (non-hydrogen) atoms. The van der Waals surface area contributed by atoms with E-state index < -0.39 is 0 Å². The van der Waals surface area contributed by atoms with Gasteiger partial charge < -0.3 is 4.90 Å². The Morgan fingerprint density at radius 3 is 2.45 bits per heavy atom. The third kappa shape index (κ3) is 4.78. The highest BCUT2D eigenvalue weighted by Crippen LogP contribution is 2.16. The van der Waals surface area contributed by atoms with Gasteiger partial charge in [0.05, 0.1) is 0 Å². The number of aromatic nitrogens is 1. The molecule has 0 radical (unpaired) electrons. The second-order valence-corrected chi connectivity index (χ2v) is 6.25. The van der Waals surface area contributed by atoms with Crippen molar-refractivity contribution in [1.82, 2.24) is 9.88 Å². The quantitative estimate of drug-likeness (QED) is 0.737. The van der Waals surface area contributed by atoms with Gasteiger partial charge in [-0.2, -0.15) is 0 Å². The first-order chi connectivity index (χ1) is 9.35. The van der Waals surface area contributed by atoms with Gasteiger partial charge in [-0.1, -0.05) is 38.8 Å². The lowest BCUT2D eigenvalue weighted by atomic mass is 10.1. The number of aryl methyl sites for hydroxylation is 1. The number of halogens is 1. The van der Waals surface area contributed by atoms with Gasteiger partial charge in [-0.05, 0) is 38.3 Å². The largest absolute Gasteiger partial charge is 0.336 e. The molecule has 1 aromatic heterocycles. The van der Waals surface area contributed by atoms with Gasteiger partial charge in [0.25, 0.3) is 5.91 Å². The molecule has 0 aromatic carbocycles. The molecule has 4 heteroatoms. The fourth-order valence-electron chi connectivity index (χ4n) is 2.15. The molecule has 0 unspecified atom stereocenters. The smallest absolute Gasteiger partial charge is 0.254 e. The van der Waals surface area contributed by atoms with Crippen LogP contribution in [-0.4, -0.2) is 28.4 Å². The second kappa shape index (κ2) is 7.63. The van der Waals surface area contributed by atoms with Gasteiger partial charge in [0, 0.05) is 23.8 Å². The minimum atomic E-state index is 0.0374. The van der Waals surface area contributed by atoms with Crippen molar-refractivity contribution >= 4 is 17.5 Å². The highest BCUT2D eigenvalue weighted by atomic mass is 35.5. The molecule has 112 valence electrons. The van der Waals surface area contributed by atoms with Crippen molar-refractivity contribution in [3.8, 4) is 0 Å². The summed E-state index contributed by atoms with van der Waals surface area (Å²) in [6.07, 6.45) is 1.83. The summed E-state index contributed by atoms with van der Waals surface area (Å²) >= 11 is 6.04. The van der Waals surface area contributed by atoms with Crippen molar-refractivity contribution in [2.24, 2.45) is 5.92 Å². The monoisotopic (exact) mass is 296 g/mol. The fraction of sp³-hybridized carbons (Fsp3) is 0.625. The molecule has 0 aliphatic carbocycles. The molecule has 0 atom stereocenters. The maximum Gasteiger partial charge on any atom is 0.254 e. The maximum absolute atomic E-state index is 12.7. The predicted octanol–water partition coefficient (Wildman–Crippen LogP) is 4.19. The summed E-state index contributed by atoms with van der Waals surface area (Å²) in [5.41, 5.74) is 1.53. The third-order valence-corrected chi connectivity index (χ3v) is 3.24. The first-order valence-electron chi connectivity index (χ1n) is 7.32. The summed E-state index contributed by atoms with van der Waals surface area (Å²) in [7, 11) is 0. The number of hydrogen-bond donors (Lipinski definition) is 0. The molecule has 0 spiro atoms. The number of hydrogen-bond acceptors (Lipinski definition) is 2. The van der Waals surface area contributed by atoms with Crippen LogP contribution in [0.5, 0.6) is 0 Å². The zero-order chi connectivity index (χ0) is 15.3. The number of amides is 1. The number of nitrogens with zero attached hydrogens (tertiary/aromatic N) is 2. The molecule has 0 aliphatic rings. The van der Waals surface area contributed by atoms with Gasteiger partial charge in [0.2, 0.25) is 0 Å². The Labute approximate surface area is 127 Å². The van der Waals surface area contributed by atoms with Crippen LogP contribution < -0.4 is 0 Å². The van der Waals surface area contributed by atoms with E-state index in [0.29, 0.717) is 16.6 Å². The highest BCUT2D eigenvalue weighted by Gasteiger charge is 2.20. The van der Waals surface area contributed by atoms with E-state index in [-0.39, 0.29) is 11.9 Å². The average Bonchev–Trinajstić information content (AvgIpc) is 2.34. The van der Waals surface area contributed by atoms with Crippen molar-refractivity contribution in [2.75, 3.05) is 6.54 Å². The van der Waals surface area contributed by atoms with E-state index >= 15 is 0 Å². The maximum atomic E-state index is 12.7. The molecular weight excluding hydrogens is 272 g/mol. The Kier molecular flexibility index (Phi) is 6.47. The molecule has 0 aliphatic heterocycles. The minimum absolute atomic E-state index is 0.0374. The van der Waals surface area contributed by atoms with Crippen molar-refractivity contribution in [1.29, 1.82) is 0 Å². The van der Waals surface area contributed by atoms with Gasteiger partial charge in [-0.3, -0.25) is 4.79 Å². The number of pyridine rings is 1. The van der Waals surface area contributed by atoms with E-state index in [2.05, 4.69) is 25.8 Å². The van der Waals surface area contributed by atoms with Gasteiger partial charge in [0.1, 0.15) is 5.15 Å². The Hall–Kier alpha value is -1.09. The SMILES string of the molecule is CCCc1cc(C(=O)N(CC(C)C)C(C)C)cc(Cl)n1. The Morgan fingerprint density at radius 2 is 1.95 bits per heavy atom. The van der Waals surface area contributed by atoms with Crippen LogP contribution in [0.4, 0.5) is 0 Å². The minimum Gasteiger partial charge on any atom is -0.336 e. The van der Waals surface area contributed by atoms with Crippen molar-refractivity contribution < 1.29 is 4.79 Å². The molecule has 1 heterocycles. The van der Waals surface area contributed by atoms with Gasteiger partial charge in [0.15, 0.2) is 0 Å². The van der Waals surface area contributed by atoms with Crippen molar-refractivity contribution in [3.63, 3.8) is 0 Å². The van der Waals surface area contributed by atoms with Crippen LogP contribution in [-0.2, 0) is 6.42 Å². The van der Waals surface area contributed by atoms with Crippen LogP contribution >= 0.6 is 11.6 Å². The van der Waals surface area contributed by atoms with Crippen LogP contribution in [0.15, 0.2) is 12.1 Å². The van der Waals surface area contributed by atoms with Crippen molar-refractivity contribution in [3.05, 3.63) is 28.5 Å².